The van der Waals surface area contributed by atoms with Gasteiger partial charge >= 0.3 is 0 Å². The first-order valence-electron chi connectivity index (χ1n) is 10.4. The number of piperidine rings is 1. The van der Waals surface area contributed by atoms with E-state index in [0.29, 0.717) is 30.5 Å². The van der Waals surface area contributed by atoms with Gasteiger partial charge in [-0.25, -0.2) is 4.98 Å². The number of benzene rings is 1. The molecule has 1 amide bonds. The molecule has 4 rings (SSSR count). The molecule has 2 saturated heterocycles. The molecule has 148 valence electrons. The largest absolute Gasteiger partial charge is 0.357 e. The zero-order valence-electron chi connectivity index (χ0n) is 16.6. The van der Waals surface area contributed by atoms with Crippen molar-refractivity contribution in [2.45, 2.75) is 25.7 Å². The van der Waals surface area contributed by atoms with Crippen molar-refractivity contribution >= 4 is 11.7 Å². The minimum absolute atomic E-state index is 0.0585. The Bertz CT molecular complexity index is 784. The lowest BCUT2D eigenvalue weighted by molar-refractivity contribution is 0.0786. The summed E-state index contributed by atoms with van der Waals surface area (Å²) in [5.74, 6) is 2.43. The Morgan fingerprint density at radius 3 is 2.50 bits per heavy atom. The lowest BCUT2D eigenvalue weighted by atomic mass is 9.89. The Morgan fingerprint density at radius 2 is 1.86 bits per heavy atom. The lowest BCUT2D eigenvalue weighted by Gasteiger charge is -2.31. The summed E-state index contributed by atoms with van der Waals surface area (Å²) in [7, 11) is 0. The smallest absolute Gasteiger partial charge is 0.255 e. The number of carbonyl (C=O) groups excluding carboxylic acids is 1. The molecule has 2 aromatic rings. The van der Waals surface area contributed by atoms with Gasteiger partial charge in [-0.3, -0.25) is 4.79 Å². The van der Waals surface area contributed by atoms with E-state index in [2.05, 4.69) is 41.1 Å². The van der Waals surface area contributed by atoms with Crippen molar-refractivity contribution in [1.82, 2.24) is 9.88 Å². The van der Waals surface area contributed by atoms with Crippen LogP contribution in [0.15, 0.2) is 48.7 Å². The van der Waals surface area contributed by atoms with E-state index < -0.39 is 0 Å². The van der Waals surface area contributed by atoms with Crippen LogP contribution in [0.5, 0.6) is 0 Å². The van der Waals surface area contributed by atoms with Crippen LogP contribution < -0.4 is 10.6 Å². The van der Waals surface area contributed by atoms with E-state index in [1.807, 2.05) is 23.1 Å². The summed E-state index contributed by atoms with van der Waals surface area (Å²) in [5, 5.41) is 0. The Hall–Kier alpha value is -2.40. The second-order valence-electron chi connectivity index (χ2n) is 8.30. The van der Waals surface area contributed by atoms with Gasteiger partial charge in [-0.05, 0) is 48.9 Å². The third kappa shape index (κ3) is 3.90. The monoisotopic (exact) mass is 378 g/mol. The fourth-order valence-corrected chi connectivity index (χ4v) is 4.47. The van der Waals surface area contributed by atoms with Crippen LogP contribution in [-0.2, 0) is 0 Å². The molecule has 0 unspecified atom stereocenters. The molecular weight excluding hydrogens is 348 g/mol. The Kier molecular flexibility index (Phi) is 5.62. The highest BCUT2D eigenvalue weighted by molar-refractivity contribution is 5.94. The molecule has 0 spiro atoms. The number of amides is 1. The van der Waals surface area contributed by atoms with Crippen molar-refractivity contribution < 1.29 is 4.79 Å². The Balaban J connectivity index is 1.44. The summed E-state index contributed by atoms with van der Waals surface area (Å²) in [5.41, 5.74) is 7.95. The summed E-state index contributed by atoms with van der Waals surface area (Å²) < 4.78 is 0. The molecule has 1 aromatic carbocycles. The van der Waals surface area contributed by atoms with Gasteiger partial charge in [0.15, 0.2) is 0 Å². The van der Waals surface area contributed by atoms with Gasteiger partial charge in [0.25, 0.3) is 5.91 Å². The van der Waals surface area contributed by atoms with Crippen molar-refractivity contribution in [3.8, 4) is 0 Å². The summed E-state index contributed by atoms with van der Waals surface area (Å²) in [6.45, 7) is 6.42. The molecule has 0 bridgehead atoms. The standard InChI is InChI=1S/C23H30N4O/c1-17-9-11-26(12-10-17)22-8-7-19(14-25-22)23(28)27-15-20(13-24)21(16-27)18-5-3-2-4-6-18/h2-8,14,17,20-21H,9-13,15-16,24H2,1H3/t20-,21+/m1/s1. The van der Waals surface area contributed by atoms with Crippen molar-refractivity contribution in [1.29, 1.82) is 0 Å². The molecular formula is C23H30N4O. The van der Waals surface area contributed by atoms with E-state index >= 15 is 0 Å². The summed E-state index contributed by atoms with van der Waals surface area (Å²) in [6, 6.07) is 14.3. The Morgan fingerprint density at radius 1 is 1.11 bits per heavy atom. The summed E-state index contributed by atoms with van der Waals surface area (Å²) >= 11 is 0. The first-order valence-corrected chi connectivity index (χ1v) is 10.4. The predicted octanol–water partition coefficient (Wildman–Crippen LogP) is 3.13. The van der Waals surface area contributed by atoms with Crippen LogP contribution in [0.4, 0.5) is 5.82 Å². The number of hydrogen-bond donors (Lipinski definition) is 1. The average molecular weight is 379 g/mol. The number of aromatic nitrogens is 1. The highest BCUT2D eigenvalue weighted by Crippen LogP contribution is 2.33. The summed E-state index contributed by atoms with van der Waals surface area (Å²) in [6.07, 6.45) is 4.15. The molecule has 5 heteroatoms. The molecule has 0 radical (unpaired) electrons. The number of anilines is 1. The highest BCUT2D eigenvalue weighted by Gasteiger charge is 2.35. The number of nitrogens with zero attached hydrogens (tertiary/aromatic N) is 3. The van der Waals surface area contributed by atoms with Crippen molar-refractivity contribution in [3.05, 3.63) is 59.8 Å². The van der Waals surface area contributed by atoms with Gasteiger partial charge in [0.2, 0.25) is 0 Å². The van der Waals surface area contributed by atoms with Gasteiger partial charge in [0.1, 0.15) is 5.82 Å². The van der Waals surface area contributed by atoms with Gasteiger partial charge in [0.05, 0.1) is 5.56 Å². The molecule has 2 atom stereocenters. The number of hydrogen-bond acceptors (Lipinski definition) is 4. The first kappa shape index (κ1) is 18.9. The third-order valence-electron chi connectivity index (χ3n) is 6.36. The van der Waals surface area contributed by atoms with Crippen LogP contribution in [0.25, 0.3) is 0 Å². The van der Waals surface area contributed by atoms with Crippen molar-refractivity contribution in [2.75, 3.05) is 37.6 Å². The molecule has 0 saturated carbocycles. The van der Waals surface area contributed by atoms with E-state index in [1.54, 1.807) is 6.20 Å². The number of rotatable bonds is 4. The van der Waals surface area contributed by atoms with Crippen LogP contribution in [0.1, 0.15) is 41.6 Å². The van der Waals surface area contributed by atoms with E-state index in [9.17, 15) is 4.79 Å². The molecule has 2 aliphatic rings. The molecule has 2 aliphatic heterocycles. The maximum atomic E-state index is 13.0. The second kappa shape index (κ2) is 8.31. The number of carbonyl (C=O) groups is 1. The van der Waals surface area contributed by atoms with E-state index in [4.69, 9.17) is 5.73 Å². The maximum Gasteiger partial charge on any atom is 0.255 e. The molecule has 2 N–H and O–H groups in total. The molecule has 5 nitrogen and oxygen atoms in total. The zero-order chi connectivity index (χ0) is 19.5. The topological polar surface area (TPSA) is 62.5 Å². The normalized spacial score (nSPS) is 23.2. The van der Waals surface area contributed by atoms with Crippen molar-refractivity contribution in [3.63, 3.8) is 0 Å². The number of nitrogens with two attached hydrogens (primary N) is 1. The van der Waals surface area contributed by atoms with Crippen LogP contribution in [0.3, 0.4) is 0 Å². The van der Waals surface area contributed by atoms with Crippen LogP contribution in [-0.4, -0.2) is 48.5 Å². The lowest BCUT2D eigenvalue weighted by Crippen LogP contribution is -2.33. The summed E-state index contributed by atoms with van der Waals surface area (Å²) in [4.78, 5) is 21.9. The molecule has 1 aromatic heterocycles. The second-order valence-corrected chi connectivity index (χ2v) is 8.30. The van der Waals surface area contributed by atoms with E-state index in [-0.39, 0.29) is 5.91 Å². The molecule has 3 heterocycles. The number of likely N-dealkylation sites (tertiary alicyclic amines) is 1. The fraction of sp³-hybridized carbons (Fsp3) is 0.478. The van der Waals surface area contributed by atoms with Gasteiger partial charge < -0.3 is 15.5 Å². The Labute approximate surface area is 167 Å². The van der Waals surface area contributed by atoms with Crippen LogP contribution >= 0.6 is 0 Å². The van der Waals surface area contributed by atoms with Gasteiger partial charge in [-0.2, -0.15) is 0 Å². The van der Waals surface area contributed by atoms with E-state index in [1.165, 1.54) is 18.4 Å². The highest BCUT2D eigenvalue weighted by atomic mass is 16.2. The van der Waals surface area contributed by atoms with Gasteiger partial charge in [-0.15, -0.1) is 0 Å². The molecule has 28 heavy (non-hydrogen) atoms. The van der Waals surface area contributed by atoms with Gasteiger partial charge in [0, 0.05) is 38.3 Å². The maximum absolute atomic E-state index is 13.0. The first-order chi connectivity index (χ1) is 13.7. The predicted molar refractivity (Wildman–Crippen MR) is 112 cm³/mol. The zero-order valence-corrected chi connectivity index (χ0v) is 16.6. The molecule has 2 fully saturated rings. The number of pyridine rings is 1. The fourth-order valence-electron chi connectivity index (χ4n) is 4.47. The molecule has 0 aliphatic carbocycles. The van der Waals surface area contributed by atoms with E-state index in [0.717, 1.165) is 31.4 Å². The van der Waals surface area contributed by atoms with Crippen LogP contribution in [0.2, 0.25) is 0 Å². The average Bonchev–Trinajstić information content (AvgIpc) is 3.19. The van der Waals surface area contributed by atoms with Crippen LogP contribution in [0, 0.1) is 11.8 Å². The minimum atomic E-state index is 0.0585. The quantitative estimate of drug-likeness (QED) is 0.888. The van der Waals surface area contributed by atoms with Gasteiger partial charge in [-0.1, -0.05) is 37.3 Å². The SMILES string of the molecule is CC1CCN(c2ccc(C(=O)N3C[C@@H](CN)[C@H](c4ccccc4)C3)cn2)CC1. The van der Waals surface area contributed by atoms with Crippen molar-refractivity contribution in [2.24, 2.45) is 17.6 Å². The third-order valence-corrected chi connectivity index (χ3v) is 6.36. The minimum Gasteiger partial charge on any atom is -0.357 e.